The molecule has 0 saturated carbocycles. The number of hydrogen-bond acceptors (Lipinski definition) is 11. The molecule has 0 bridgehead atoms. The molecule has 1 heterocycles. The normalized spacial score (nSPS) is 20.4. The van der Waals surface area contributed by atoms with Gasteiger partial charge in [-0.2, -0.15) is 8.42 Å². The van der Waals surface area contributed by atoms with Crippen molar-refractivity contribution in [3.8, 4) is 0 Å². The molecule has 0 amide bonds. The summed E-state index contributed by atoms with van der Waals surface area (Å²) in [7, 11) is -4.61. The van der Waals surface area contributed by atoms with Crippen molar-refractivity contribution in [1.29, 1.82) is 0 Å². The van der Waals surface area contributed by atoms with Crippen LogP contribution in [0.4, 0.5) is 0 Å². The van der Waals surface area contributed by atoms with Gasteiger partial charge in [0, 0.05) is 12.8 Å². The molecule has 6 atom stereocenters. The summed E-state index contributed by atoms with van der Waals surface area (Å²) < 4.78 is 54.1. The van der Waals surface area contributed by atoms with Crippen LogP contribution in [-0.2, 0) is 38.7 Å². The molecular formula is C49H84O12S. The van der Waals surface area contributed by atoms with E-state index in [9.17, 15) is 37.9 Å². The Balaban J connectivity index is 2.45. The number of allylic oxidation sites excluding steroid dienone is 10. The molecule has 0 radical (unpaired) electrons. The minimum Gasteiger partial charge on any atom is -0.462 e. The first-order valence-electron chi connectivity index (χ1n) is 23.8. The smallest absolute Gasteiger partial charge is 0.306 e. The van der Waals surface area contributed by atoms with E-state index in [0.717, 1.165) is 70.6 Å². The Bertz CT molecular complexity index is 1370. The number of esters is 2. The number of unbranched alkanes of at least 4 members (excludes halogenated alkanes) is 17. The zero-order valence-corrected chi connectivity index (χ0v) is 39.0. The zero-order valence-electron chi connectivity index (χ0n) is 38.2. The molecule has 0 aromatic rings. The van der Waals surface area contributed by atoms with Crippen molar-refractivity contribution in [1.82, 2.24) is 0 Å². The molecule has 0 spiro atoms. The van der Waals surface area contributed by atoms with Crippen molar-refractivity contribution in [2.75, 3.05) is 19.0 Å². The van der Waals surface area contributed by atoms with Gasteiger partial charge in [0.15, 0.2) is 12.4 Å². The topological polar surface area (TPSA) is 186 Å². The second kappa shape index (κ2) is 38.8. The molecule has 358 valence electrons. The Labute approximate surface area is 375 Å². The molecule has 12 nitrogen and oxygen atoms in total. The minimum absolute atomic E-state index is 0.150. The fraction of sp³-hybridized carbons (Fsp3) is 0.755. The second-order valence-electron chi connectivity index (χ2n) is 16.4. The van der Waals surface area contributed by atoms with Crippen molar-refractivity contribution in [2.45, 2.75) is 218 Å². The lowest BCUT2D eigenvalue weighted by Crippen LogP contribution is -2.60. The number of rotatable bonds is 39. The monoisotopic (exact) mass is 897 g/mol. The molecule has 1 rings (SSSR count). The Morgan fingerprint density at radius 1 is 0.548 bits per heavy atom. The lowest BCUT2D eigenvalue weighted by atomic mass is 10.00. The van der Waals surface area contributed by atoms with E-state index in [1.165, 1.54) is 70.6 Å². The van der Waals surface area contributed by atoms with Gasteiger partial charge in [0.1, 0.15) is 36.8 Å². The van der Waals surface area contributed by atoms with E-state index in [1.807, 2.05) is 0 Å². The molecule has 62 heavy (non-hydrogen) atoms. The number of carbonyl (C=O) groups is 2. The summed E-state index contributed by atoms with van der Waals surface area (Å²) in [5.41, 5.74) is 0. The van der Waals surface area contributed by atoms with E-state index in [-0.39, 0.29) is 19.4 Å². The number of carbonyl (C=O) groups excluding carboxylic acids is 2. The summed E-state index contributed by atoms with van der Waals surface area (Å²) in [5.74, 6) is -2.03. The average Bonchev–Trinajstić information content (AvgIpc) is 3.24. The van der Waals surface area contributed by atoms with Crippen molar-refractivity contribution < 1.29 is 56.8 Å². The van der Waals surface area contributed by atoms with Crippen LogP contribution in [0.5, 0.6) is 0 Å². The molecule has 1 fully saturated rings. The number of aliphatic hydroxyl groups is 3. The van der Waals surface area contributed by atoms with Gasteiger partial charge in [-0.1, -0.05) is 145 Å². The maximum absolute atomic E-state index is 12.8. The summed E-state index contributed by atoms with van der Waals surface area (Å²) in [6, 6.07) is 0. The summed E-state index contributed by atoms with van der Waals surface area (Å²) in [6.07, 6.45) is 38.3. The number of aliphatic hydroxyl groups excluding tert-OH is 3. The predicted molar refractivity (Wildman–Crippen MR) is 247 cm³/mol. The molecule has 1 aliphatic heterocycles. The SMILES string of the molecule is CCCCC/C=C/C/C=C/C/C=C/C/C=C/CCCCCC(=O)OC[C@H](CO[C@H]1O[C@H](CS(=O)(=O)O)[C@@H](O)C(O)C1O)OC(=O)CCCCCCCCC/C=C/CCCCCC. The maximum atomic E-state index is 12.8. The highest BCUT2D eigenvalue weighted by molar-refractivity contribution is 7.85. The van der Waals surface area contributed by atoms with E-state index in [2.05, 4.69) is 74.6 Å². The fourth-order valence-electron chi connectivity index (χ4n) is 6.83. The Morgan fingerprint density at radius 2 is 0.968 bits per heavy atom. The highest BCUT2D eigenvalue weighted by Crippen LogP contribution is 2.24. The van der Waals surface area contributed by atoms with Crippen LogP contribution >= 0.6 is 0 Å². The van der Waals surface area contributed by atoms with Gasteiger partial charge < -0.3 is 34.3 Å². The first-order chi connectivity index (χ1) is 30.0. The minimum atomic E-state index is -4.61. The maximum Gasteiger partial charge on any atom is 0.306 e. The predicted octanol–water partition coefficient (Wildman–Crippen LogP) is 10.1. The van der Waals surface area contributed by atoms with E-state index in [4.69, 9.17) is 18.9 Å². The molecule has 1 saturated heterocycles. The molecule has 1 aliphatic rings. The Hall–Kier alpha value is -2.65. The average molecular weight is 897 g/mol. The lowest BCUT2D eigenvalue weighted by molar-refractivity contribution is -0.297. The number of hydrogen-bond donors (Lipinski definition) is 4. The van der Waals surface area contributed by atoms with Crippen LogP contribution in [0.15, 0.2) is 60.8 Å². The fourth-order valence-corrected chi connectivity index (χ4v) is 7.52. The standard InChI is InChI=1S/C49H84O12S/c1-3-5-7-9-11-13-15-17-19-20-21-22-24-25-27-29-31-33-35-37-44(50)58-39-42(40-59-49-48(54)47(53)46(52)43(61-49)41-62(55,56)57)60-45(51)38-36-34-32-30-28-26-23-18-16-14-12-10-8-6-4-2/h11,13-14,16-17,19,21-22,25,27,42-43,46-49,52-54H,3-10,12,15,18,20,23-24,26,28-41H2,1-2H3,(H,55,56,57)/b13-11+,16-14+,19-17+,22-21+,27-25+/t42-,43-,46-,47?,48?,49+/m1/s1. The molecule has 4 N–H and O–H groups in total. The Kier molecular flexibility index (Phi) is 35.9. The lowest BCUT2D eigenvalue weighted by Gasteiger charge is -2.40. The Morgan fingerprint density at radius 3 is 1.50 bits per heavy atom. The summed E-state index contributed by atoms with van der Waals surface area (Å²) in [5, 5.41) is 30.9. The zero-order chi connectivity index (χ0) is 45.5. The molecular weight excluding hydrogens is 813 g/mol. The van der Waals surface area contributed by atoms with Crippen LogP contribution < -0.4 is 0 Å². The van der Waals surface area contributed by atoms with Gasteiger partial charge in [-0.15, -0.1) is 0 Å². The van der Waals surface area contributed by atoms with Crippen LogP contribution in [0.2, 0.25) is 0 Å². The van der Waals surface area contributed by atoms with Crippen molar-refractivity contribution in [3.05, 3.63) is 60.8 Å². The van der Waals surface area contributed by atoms with E-state index < -0.39 is 71.2 Å². The van der Waals surface area contributed by atoms with Gasteiger partial charge in [-0.05, 0) is 83.5 Å². The third kappa shape index (κ3) is 32.9. The highest BCUT2D eigenvalue weighted by atomic mass is 32.2. The van der Waals surface area contributed by atoms with E-state index in [1.54, 1.807) is 0 Å². The molecule has 0 aromatic carbocycles. The highest BCUT2D eigenvalue weighted by Gasteiger charge is 2.46. The van der Waals surface area contributed by atoms with Crippen LogP contribution in [-0.4, -0.2) is 96.0 Å². The molecule has 2 unspecified atom stereocenters. The van der Waals surface area contributed by atoms with Crippen molar-refractivity contribution in [3.63, 3.8) is 0 Å². The van der Waals surface area contributed by atoms with Crippen molar-refractivity contribution in [2.24, 2.45) is 0 Å². The summed E-state index contributed by atoms with van der Waals surface area (Å²) in [6.45, 7) is 3.69. The summed E-state index contributed by atoms with van der Waals surface area (Å²) in [4.78, 5) is 25.4. The van der Waals surface area contributed by atoms with Gasteiger partial charge in [0.25, 0.3) is 10.1 Å². The summed E-state index contributed by atoms with van der Waals surface area (Å²) >= 11 is 0. The van der Waals surface area contributed by atoms with Gasteiger partial charge in [0.2, 0.25) is 0 Å². The number of ether oxygens (including phenoxy) is 4. The molecule has 13 heteroatoms. The van der Waals surface area contributed by atoms with Crippen LogP contribution in [0, 0.1) is 0 Å². The quantitative estimate of drug-likeness (QED) is 0.0198. The second-order valence-corrected chi connectivity index (χ2v) is 17.9. The van der Waals surface area contributed by atoms with Crippen LogP contribution in [0.25, 0.3) is 0 Å². The van der Waals surface area contributed by atoms with Gasteiger partial charge in [-0.25, -0.2) is 0 Å². The van der Waals surface area contributed by atoms with Gasteiger partial charge >= 0.3 is 11.9 Å². The van der Waals surface area contributed by atoms with Gasteiger partial charge in [-0.3, -0.25) is 14.1 Å². The van der Waals surface area contributed by atoms with E-state index in [0.29, 0.717) is 12.8 Å². The third-order valence-electron chi connectivity index (χ3n) is 10.6. The van der Waals surface area contributed by atoms with Crippen LogP contribution in [0.3, 0.4) is 0 Å². The van der Waals surface area contributed by atoms with Gasteiger partial charge in [0.05, 0.1) is 6.61 Å². The van der Waals surface area contributed by atoms with Crippen LogP contribution in [0.1, 0.15) is 181 Å². The first-order valence-corrected chi connectivity index (χ1v) is 25.5. The largest absolute Gasteiger partial charge is 0.462 e. The molecule has 0 aliphatic carbocycles. The molecule has 0 aromatic heterocycles. The first kappa shape index (κ1) is 57.4. The van der Waals surface area contributed by atoms with E-state index >= 15 is 0 Å². The van der Waals surface area contributed by atoms with Crippen molar-refractivity contribution >= 4 is 22.1 Å². The third-order valence-corrected chi connectivity index (χ3v) is 11.3.